The van der Waals surface area contributed by atoms with Gasteiger partial charge in [-0.3, -0.25) is 4.79 Å². The number of hydrogen-bond donors (Lipinski definition) is 2. The van der Waals surface area contributed by atoms with Crippen molar-refractivity contribution < 1.29 is 14.7 Å². The number of thiophene rings is 1. The molecule has 1 heterocycles. The topological polar surface area (TPSA) is 66.4 Å². The van der Waals surface area contributed by atoms with Crippen LogP contribution in [-0.4, -0.2) is 22.5 Å². The molecule has 0 spiro atoms. The summed E-state index contributed by atoms with van der Waals surface area (Å²) in [7, 11) is 0. The van der Waals surface area contributed by atoms with E-state index in [9.17, 15) is 9.59 Å². The van der Waals surface area contributed by atoms with Crippen molar-refractivity contribution in [3.8, 4) is 0 Å². The lowest BCUT2D eigenvalue weighted by atomic mass is 10.2. The van der Waals surface area contributed by atoms with Gasteiger partial charge in [-0.15, -0.1) is 0 Å². The largest absolute Gasteiger partial charge is 0.480 e. The molecule has 84 valence electrons. The van der Waals surface area contributed by atoms with Crippen molar-refractivity contribution in [2.75, 3.05) is 0 Å². The normalized spacial score (nSPS) is 17.2. The summed E-state index contributed by atoms with van der Waals surface area (Å²) in [4.78, 5) is 22.3. The summed E-state index contributed by atoms with van der Waals surface area (Å²) in [6.45, 7) is 0. The fourth-order valence-electron chi connectivity index (χ4n) is 1.34. The number of nitrogens with one attached hydrogen (secondary N) is 1. The smallest absolute Gasteiger partial charge is 0.329 e. The SMILES string of the molecule is O=C(/C=C/c1ccsc1)NC1(C(=O)O)CC1. The molecule has 0 aromatic carbocycles. The molecule has 1 amide bonds. The van der Waals surface area contributed by atoms with E-state index in [-0.39, 0.29) is 5.91 Å². The van der Waals surface area contributed by atoms with E-state index in [1.54, 1.807) is 17.4 Å². The van der Waals surface area contributed by atoms with E-state index < -0.39 is 11.5 Å². The average Bonchev–Trinajstić information content (AvgIpc) is 2.84. The highest BCUT2D eigenvalue weighted by molar-refractivity contribution is 7.08. The lowest BCUT2D eigenvalue weighted by molar-refractivity contribution is -0.142. The maximum atomic E-state index is 11.4. The minimum Gasteiger partial charge on any atom is -0.480 e. The molecule has 2 N–H and O–H groups in total. The summed E-state index contributed by atoms with van der Waals surface area (Å²) >= 11 is 1.54. The van der Waals surface area contributed by atoms with Crippen LogP contribution in [0.15, 0.2) is 22.9 Å². The summed E-state index contributed by atoms with van der Waals surface area (Å²) < 4.78 is 0. The van der Waals surface area contributed by atoms with Gasteiger partial charge in [0.25, 0.3) is 0 Å². The zero-order valence-corrected chi connectivity index (χ0v) is 9.29. The Morgan fingerprint density at radius 2 is 2.25 bits per heavy atom. The van der Waals surface area contributed by atoms with Crippen molar-refractivity contribution in [2.45, 2.75) is 18.4 Å². The Hall–Kier alpha value is -1.62. The standard InChI is InChI=1S/C11H11NO3S/c13-9(2-1-8-3-6-16-7-8)12-11(4-5-11)10(14)15/h1-3,6-7H,4-5H2,(H,12,13)(H,14,15)/b2-1+. The Kier molecular flexibility index (Phi) is 2.78. The predicted molar refractivity (Wildman–Crippen MR) is 61.1 cm³/mol. The zero-order chi connectivity index (χ0) is 11.6. The first-order chi connectivity index (χ1) is 7.62. The molecule has 1 aliphatic carbocycles. The number of aliphatic carboxylic acids is 1. The van der Waals surface area contributed by atoms with Gasteiger partial charge in [0.2, 0.25) is 5.91 Å². The van der Waals surface area contributed by atoms with Crippen LogP contribution in [0.25, 0.3) is 6.08 Å². The zero-order valence-electron chi connectivity index (χ0n) is 8.47. The highest BCUT2D eigenvalue weighted by atomic mass is 32.1. The molecule has 1 aromatic heterocycles. The fraction of sp³-hybridized carbons (Fsp3) is 0.273. The molecule has 0 saturated heterocycles. The van der Waals surface area contributed by atoms with E-state index in [0.29, 0.717) is 12.8 Å². The van der Waals surface area contributed by atoms with E-state index in [2.05, 4.69) is 5.32 Å². The molecule has 0 unspecified atom stereocenters. The van der Waals surface area contributed by atoms with Gasteiger partial charge in [-0.05, 0) is 41.3 Å². The summed E-state index contributed by atoms with van der Waals surface area (Å²) in [6, 6.07) is 1.89. The first kappa shape index (κ1) is 10.9. The number of carboxylic acid groups (broad SMARTS) is 1. The molecule has 1 fully saturated rings. The van der Waals surface area contributed by atoms with Gasteiger partial charge < -0.3 is 10.4 Å². The van der Waals surface area contributed by atoms with Crippen molar-refractivity contribution in [1.82, 2.24) is 5.32 Å². The molecular weight excluding hydrogens is 226 g/mol. The molecule has 2 rings (SSSR count). The summed E-state index contributed by atoms with van der Waals surface area (Å²) in [5, 5.41) is 15.2. The molecule has 1 saturated carbocycles. The molecule has 1 aliphatic rings. The summed E-state index contributed by atoms with van der Waals surface area (Å²) in [6.07, 6.45) is 4.07. The first-order valence-electron chi connectivity index (χ1n) is 4.88. The van der Waals surface area contributed by atoms with Gasteiger partial charge in [0.05, 0.1) is 0 Å². The van der Waals surface area contributed by atoms with Crippen molar-refractivity contribution in [3.63, 3.8) is 0 Å². The Labute approximate surface area is 96.6 Å². The minimum atomic E-state index is -1.00. The summed E-state index contributed by atoms with van der Waals surface area (Å²) in [5.41, 5.74) is -0.0592. The number of carboxylic acids is 1. The predicted octanol–water partition coefficient (Wildman–Crippen LogP) is 1.49. The van der Waals surface area contributed by atoms with Gasteiger partial charge in [-0.25, -0.2) is 4.79 Å². The van der Waals surface area contributed by atoms with E-state index >= 15 is 0 Å². The maximum absolute atomic E-state index is 11.4. The van der Waals surface area contributed by atoms with E-state index in [1.165, 1.54) is 6.08 Å². The van der Waals surface area contributed by atoms with Crippen LogP contribution in [0.4, 0.5) is 0 Å². The lowest BCUT2D eigenvalue weighted by Crippen LogP contribution is -2.42. The van der Waals surface area contributed by atoms with Gasteiger partial charge in [-0.2, -0.15) is 11.3 Å². The molecule has 1 aromatic rings. The van der Waals surface area contributed by atoms with Crippen LogP contribution >= 0.6 is 11.3 Å². The van der Waals surface area contributed by atoms with Gasteiger partial charge in [0, 0.05) is 6.08 Å². The fourth-order valence-corrected chi connectivity index (χ4v) is 1.97. The van der Waals surface area contributed by atoms with Crippen LogP contribution in [-0.2, 0) is 9.59 Å². The second-order valence-electron chi connectivity index (χ2n) is 3.77. The molecule has 0 atom stereocenters. The van der Waals surface area contributed by atoms with E-state index in [1.807, 2.05) is 16.8 Å². The number of amides is 1. The Morgan fingerprint density at radius 3 is 2.75 bits per heavy atom. The average molecular weight is 237 g/mol. The van der Waals surface area contributed by atoms with Gasteiger partial charge >= 0.3 is 5.97 Å². The molecule has 0 bridgehead atoms. The molecular formula is C11H11NO3S. The molecule has 4 nitrogen and oxygen atoms in total. The molecule has 0 aliphatic heterocycles. The molecule has 0 radical (unpaired) electrons. The number of carbonyl (C=O) groups is 2. The number of rotatable bonds is 4. The lowest BCUT2D eigenvalue weighted by Gasteiger charge is -2.09. The second-order valence-corrected chi connectivity index (χ2v) is 4.55. The molecule has 5 heteroatoms. The Morgan fingerprint density at radius 1 is 1.50 bits per heavy atom. The van der Waals surface area contributed by atoms with Crippen LogP contribution in [0, 0.1) is 0 Å². The maximum Gasteiger partial charge on any atom is 0.329 e. The van der Waals surface area contributed by atoms with E-state index in [4.69, 9.17) is 5.11 Å². The molecule has 16 heavy (non-hydrogen) atoms. The minimum absolute atomic E-state index is 0.355. The van der Waals surface area contributed by atoms with E-state index in [0.717, 1.165) is 5.56 Å². The van der Waals surface area contributed by atoms with Crippen molar-refractivity contribution in [1.29, 1.82) is 0 Å². The van der Waals surface area contributed by atoms with Crippen molar-refractivity contribution in [2.24, 2.45) is 0 Å². The Balaban J connectivity index is 1.92. The number of carbonyl (C=O) groups excluding carboxylic acids is 1. The van der Waals surface area contributed by atoms with Gasteiger partial charge in [-0.1, -0.05) is 0 Å². The third kappa shape index (κ3) is 2.30. The van der Waals surface area contributed by atoms with Crippen LogP contribution in [0.5, 0.6) is 0 Å². The van der Waals surface area contributed by atoms with Crippen LogP contribution < -0.4 is 5.32 Å². The summed E-state index contributed by atoms with van der Waals surface area (Å²) in [5.74, 6) is -1.31. The third-order valence-corrected chi connectivity index (χ3v) is 3.19. The third-order valence-electron chi connectivity index (χ3n) is 2.49. The number of hydrogen-bond acceptors (Lipinski definition) is 3. The monoisotopic (exact) mass is 237 g/mol. The Bertz CT molecular complexity index is 432. The van der Waals surface area contributed by atoms with Crippen LogP contribution in [0.1, 0.15) is 18.4 Å². The van der Waals surface area contributed by atoms with Crippen LogP contribution in [0.3, 0.4) is 0 Å². The van der Waals surface area contributed by atoms with Gasteiger partial charge in [0.1, 0.15) is 5.54 Å². The van der Waals surface area contributed by atoms with Crippen LogP contribution in [0.2, 0.25) is 0 Å². The van der Waals surface area contributed by atoms with Crippen molar-refractivity contribution >= 4 is 29.3 Å². The quantitative estimate of drug-likeness (QED) is 0.780. The highest BCUT2D eigenvalue weighted by Crippen LogP contribution is 2.35. The van der Waals surface area contributed by atoms with Gasteiger partial charge in [0.15, 0.2) is 0 Å². The second kappa shape index (κ2) is 4.09. The first-order valence-corrected chi connectivity index (χ1v) is 5.82. The highest BCUT2D eigenvalue weighted by Gasteiger charge is 2.51. The van der Waals surface area contributed by atoms with Crippen molar-refractivity contribution in [3.05, 3.63) is 28.5 Å².